The van der Waals surface area contributed by atoms with E-state index in [-0.39, 0.29) is 35.9 Å². The van der Waals surface area contributed by atoms with E-state index in [1.807, 2.05) is 0 Å². The molecular weight excluding hydrogens is 282 g/mol. The van der Waals surface area contributed by atoms with Crippen molar-refractivity contribution in [1.29, 1.82) is 0 Å². The highest BCUT2D eigenvalue weighted by Gasteiger charge is 2.27. The van der Waals surface area contributed by atoms with Gasteiger partial charge >= 0.3 is 5.51 Å². The van der Waals surface area contributed by atoms with Crippen LogP contribution in [0, 0.1) is 5.82 Å². The molecule has 1 unspecified atom stereocenters. The lowest BCUT2D eigenvalue weighted by Crippen LogP contribution is -2.17. The molecule has 7 heteroatoms. The summed E-state index contributed by atoms with van der Waals surface area (Å²) in [7, 11) is 0. The molecular formula is C12H15F4NOS. The van der Waals surface area contributed by atoms with E-state index in [0.29, 0.717) is 6.42 Å². The fourth-order valence-corrected chi connectivity index (χ4v) is 1.87. The van der Waals surface area contributed by atoms with Crippen LogP contribution in [-0.2, 0) is 6.42 Å². The Kier molecular flexibility index (Phi) is 5.93. The van der Waals surface area contributed by atoms with Crippen LogP contribution in [0.15, 0.2) is 18.2 Å². The molecule has 0 aliphatic rings. The Labute approximate surface area is 113 Å². The van der Waals surface area contributed by atoms with E-state index in [1.165, 1.54) is 12.1 Å². The van der Waals surface area contributed by atoms with Gasteiger partial charge in [0.1, 0.15) is 0 Å². The maximum absolute atomic E-state index is 13.6. The lowest BCUT2D eigenvalue weighted by Gasteiger charge is -2.10. The summed E-state index contributed by atoms with van der Waals surface area (Å²) < 4.78 is 54.1. The summed E-state index contributed by atoms with van der Waals surface area (Å²) in [5.74, 6) is -0.906. The molecule has 0 aliphatic heterocycles. The Bertz CT molecular complexity index is 409. The summed E-state index contributed by atoms with van der Waals surface area (Å²) in [6.07, 6.45) is 0.529. The van der Waals surface area contributed by atoms with Gasteiger partial charge in [-0.25, -0.2) is 4.39 Å². The fourth-order valence-electron chi connectivity index (χ4n) is 1.47. The fraction of sp³-hybridized carbons (Fsp3) is 0.500. The third-order valence-corrected chi connectivity index (χ3v) is 2.86. The van der Waals surface area contributed by atoms with Crippen molar-refractivity contribution >= 4 is 11.8 Å². The largest absolute Gasteiger partial charge is 0.490 e. The van der Waals surface area contributed by atoms with Crippen LogP contribution < -0.4 is 10.5 Å². The minimum absolute atomic E-state index is 0.0452. The molecule has 0 saturated carbocycles. The second kappa shape index (κ2) is 7.00. The SMILES string of the molecule is CC(N)Cc1ccc(OCCSC(F)(F)F)c(F)c1. The summed E-state index contributed by atoms with van der Waals surface area (Å²) in [6.45, 7) is 1.60. The Morgan fingerprint density at radius 3 is 2.58 bits per heavy atom. The van der Waals surface area contributed by atoms with Gasteiger partial charge in [-0.15, -0.1) is 0 Å². The highest BCUT2D eigenvalue weighted by atomic mass is 32.2. The summed E-state index contributed by atoms with van der Waals surface area (Å²) >= 11 is -0.194. The lowest BCUT2D eigenvalue weighted by molar-refractivity contribution is -0.0329. The molecule has 0 aromatic heterocycles. The lowest BCUT2D eigenvalue weighted by atomic mass is 10.1. The zero-order valence-electron chi connectivity index (χ0n) is 10.3. The highest BCUT2D eigenvalue weighted by Crippen LogP contribution is 2.30. The van der Waals surface area contributed by atoms with Crippen LogP contribution in [0.3, 0.4) is 0 Å². The van der Waals surface area contributed by atoms with Crippen molar-refractivity contribution in [3.8, 4) is 5.75 Å². The monoisotopic (exact) mass is 297 g/mol. The number of rotatable bonds is 6. The summed E-state index contributed by atoms with van der Waals surface area (Å²) in [4.78, 5) is 0. The van der Waals surface area contributed by atoms with Crippen molar-refractivity contribution in [3.05, 3.63) is 29.6 Å². The zero-order chi connectivity index (χ0) is 14.5. The third kappa shape index (κ3) is 6.68. The van der Waals surface area contributed by atoms with E-state index in [9.17, 15) is 17.6 Å². The Morgan fingerprint density at radius 2 is 2.05 bits per heavy atom. The maximum Gasteiger partial charge on any atom is 0.441 e. The van der Waals surface area contributed by atoms with Gasteiger partial charge in [0.2, 0.25) is 0 Å². The second-order valence-electron chi connectivity index (χ2n) is 4.09. The molecule has 0 bridgehead atoms. The van der Waals surface area contributed by atoms with Crippen LogP contribution in [0.1, 0.15) is 12.5 Å². The molecule has 2 N–H and O–H groups in total. The molecule has 0 amide bonds. The van der Waals surface area contributed by atoms with Gasteiger partial charge in [0.25, 0.3) is 0 Å². The van der Waals surface area contributed by atoms with E-state index in [4.69, 9.17) is 10.5 Å². The summed E-state index contributed by atoms with van der Waals surface area (Å²) in [5.41, 5.74) is 2.03. The molecule has 0 aliphatic carbocycles. The van der Waals surface area contributed by atoms with E-state index in [1.54, 1.807) is 13.0 Å². The van der Waals surface area contributed by atoms with E-state index in [2.05, 4.69) is 0 Å². The molecule has 0 fully saturated rings. The van der Waals surface area contributed by atoms with Crippen molar-refractivity contribution in [1.82, 2.24) is 0 Å². The number of hydrogen-bond donors (Lipinski definition) is 1. The molecule has 1 aromatic carbocycles. The molecule has 19 heavy (non-hydrogen) atoms. The van der Waals surface area contributed by atoms with Gasteiger partial charge in [0, 0.05) is 11.8 Å². The van der Waals surface area contributed by atoms with Crippen LogP contribution >= 0.6 is 11.8 Å². The number of hydrogen-bond acceptors (Lipinski definition) is 3. The number of alkyl halides is 3. The maximum atomic E-state index is 13.6. The van der Waals surface area contributed by atoms with Crippen molar-refractivity contribution in [2.45, 2.75) is 24.9 Å². The zero-order valence-corrected chi connectivity index (χ0v) is 11.2. The minimum Gasteiger partial charge on any atom is -0.490 e. The van der Waals surface area contributed by atoms with E-state index in [0.717, 1.165) is 5.56 Å². The van der Waals surface area contributed by atoms with Gasteiger partial charge in [-0.2, -0.15) is 13.2 Å². The minimum atomic E-state index is -4.29. The van der Waals surface area contributed by atoms with E-state index >= 15 is 0 Å². The van der Waals surface area contributed by atoms with Crippen molar-refractivity contribution in [2.75, 3.05) is 12.4 Å². The molecule has 0 saturated heterocycles. The smallest absolute Gasteiger partial charge is 0.441 e. The van der Waals surface area contributed by atoms with Crippen LogP contribution in [0.25, 0.3) is 0 Å². The van der Waals surface area contributed by atoms with Crippen LogP contribution in [0.4, 0.5) is 17.6 Å². The topological polar surface area (TPSA) is 35.2 Å². The first-order valence-corrected chi connectivity index (χ1v) is 6.64. The number of nitrogens with two attached hydrogens (primary N) is 1. The molecule has 1 aromatic rings. The predicted octanol–water partition coefficient (Wildman–Crippen LogP) is 3.35. The molecule has 0 spiro atoms. The van der Waals surface area contributed by atoms with Crippen LogP contribution in [0.2, 0.25) is 0 Å². The van der Waals surface area contributed by atoms with Gasteiger partial charge in [0.15, 0.2) is 11.6 Å². The van der Waals surface area contributed by atoms with Crippen molar-refractivity contribution in [2.24, 2.45) is 5.73 Å². The first-order chi connectivity index (χ1) is 8.78. The summed E-state index contributed by atoms with van der Waals surface area (Å²) in [5, 5.41) is 0. The first kappa shape index (κ1) is 16.1. The quantitative estimate of drug-likeness (QED) is 0.646. The average molecular weight is 297 g/mol. The number of ether oxygens (including phenoxy) is 1. The first-order valence-electron chi connectivity index (χ1n) is 5.65. The number of halogens is 4. The number of thioether (sulfide) groups is 1. The van der Waals surface area contributed by atoms with Gasteiger partial charge in [-0.3, -0.25) is 0 Å². The predicted molar refractivity (Wildman–Crippen MR) is 67.8 cm³/mol. The molecule has 108 valence electrons. The van der Waals surface area contributed by atoms with Gasteiger partial charge in [0.05, 0.1) is 6.61 Å². The van der Waals surface area contributed by atoms with Crippen molar-refractivity contribution in [3.63, 3.8) is 0 Å². The molecule has 1 atom stereocenters. The second-order valence-corrected chi connectivity index (χ2v) is 5.25. The number of benzene rings is 1. The van der Waals surface area contributed by atoms with E-state index < -0.39 is 11.3 Å². The Hall–Kier alpha value is -0.950. The normalized spacial score (nSPS) is 13.4. The van der Waals surface area contributed by atoms with Crippen LogP contribution in [0.5, 0.6) is 5.75 Å². The third-order valence-electron chi connectivity index (χ3n) is 2.16. The molecule has 2 nitrogen and oxygen atoms in total. The summed E-state index contributed by atoms with van der Waals surface area (Å²) in [6, 6.07) is 4.26. The Balaban J connectivity index is 2.46. The van der Waals surface area contributed by atoms with Gasteiger partial charge in [-0.05, 0) is 42.8 Å². The van der Waals surface area contributed by atoms with Gasteiger partial charge < -0.3 is 10.5 Å². The molecule has 0 radical (unpaired) electrons. The average Bonchev–Trinajstić information content (AvgIpc) is 2.24. The molecule has 1 rings (SSSR count). The highest BCUT2D eigenvalue weighted by molar-refractivity contribution is 8.00. The Morgan fingerprint density at radius 1 is 1.37 bits per heavy atom. The molecule has 0 heterocycles. The standard InChI is InChI=1S/C12H15F4NOS/c1-8(17)6-9-2-3-11(10(13)7-9)18-4-5-19-12(14,15)16/h2-3,7-8H,4-6,17H2,1H3. The van der Waals surface area contributed by atoms with Crippen LogP contribution in [-0.4, -0.2) is 23.9 Å². The van der Waals surface area contributed by atoms with Crippen molar-refractivity contribution < 1.29 is 22.3 Å². The van der Waals surface area contributed by atoms with Gasteiger partial charge in [-0.1, -0.05) is 6.07 Å².